The van der Waals surface area contributed by atoms with E-state index in [2.05, 4.69) is 26.4 Å². The molecule has 1 aromatic heterocycles. The Hall–Kier alpha value is -1.82. The highest BCUT2D eigenvalue weighted by molar-refractivity contribution is 9.10. The van der Waals surface area contributed by atoms with Crippen molar-refractivity contribution in [1.29, 1.82) is 0 Å². The quantitative estimate of drug-likeness (QED) is 0.897. The van der Waals surface area contributed by atoms with Crippen molar-refractivity contribution in [1.82, 2.24) is 10.1 Å². The highest BCUT2D eigenvalue weighted by atomic mass is 79.9. The molecule has 0 saturated heterocycles. The number of amides is 2. The Balaban J connectivity index is 2.30. The van der Waals surface area contributed by atoms with E-state index >= 15 is 0 Å². The van der Waals surface area contributed by atoms with Crippen molar-refractivity contribution in [3.05, 3.63) is 34.4 Å². The molecule has 6 heteroatoms. The third-order valence-corrected chi connectivity index (χ3v) is 3.82. The Kier molecular flexibility index (Phi) is 4.67. The van der Waals surface area contributed by atoms with E-state index in [0.29, 0.717) is 17.1 Å². The Morgan fingerprint density at radius 2 is 1.95 bits per heavy atom. The van der Waals surface area contributed by atoms with Gasteiger partial charge in [-0.25, -0.2) is 4.79 Å². The first kappa shape index (κ1) is 15.6. The van der Waals surface area contributed by atoms with Gasteiger partial charge in [-0.15, -0.1) is 0 Å². The summed E-state index contributed by atoms with van der Waals surface area (Å²) in [4.78, 5) is 13.8. The molecule has 0 aliphatic heterocycles. The average Bonchev–Trinajstić information content (AvgIpc) is 2.80. The molecule has 21 heavy (non-hydrogen) atoms. The van der Waals surface area contributed by atoms with E-state index < -0.39 is 0 Å². The molecule has 0 aliphatic carbocycles. The number of aryl methyl sites for hydroxylation is 1. The number of rotatable bonds is 3. The average molecular weight is 352 g/mol. The number of carbonyl (C=O) groups is 1. The minimum atomic E-state index is -0.185. The fourth-order valence-corrected chi connectivity index (χ4v) is 2.01. The summed E-state index contributed by atoms with van der Waals surface area (Å²) in [5.74, 6) is 0.561. The molecule has 1 N–H and O–H groups in total. The Morgan fingerprint density at radius 3 is 2.52 bits per heavy atom. The van der Waals surface area contributed by atoms with E-state index in [9.17, 15) is 4.79 Å². The summed E-state index contributed by atoms with van der Waals surface area (Å²) in [7, 11) is 1.75. The lowest BCUT2D eigenvalue weighted by Crippen LogP contribution is -2.36. The lowest BCUT2D eigenvalue weighted by atomic mass is 10.1. The van der Waals surface area contributed by atoms with Crippen molar-refractivity contribution in [2.75, 3.05) is 12.4 Å². The molecule has 2 amide bonds. The topological polar surface area (TPSA) is 58.4 Å². The molecule has 2 aromatic rings. The number of urea groups is 1. The van der Waals surface area contributed by atoms with Crippen molar-refractivity contribution in [3.63, 3.8) is 0 Å². The molecule has 0 atom stereocenters. The van der Waals surface area contributed by atoms with Gasteiger partial charge in [-0.3, -0.25) is 0 Å². The van der Waals surface area contributed by atoms with E-state index in [1.807, 2.05) is 38.1 Å². The minimum Gasteiger partial charge on any atom is -0.354 e. The Morgan fingerprint density at radius 1 is 1.33 bits per heavy atom. The largest absolute Gasteiger partial charge is 0.354 e. The maximum atomic E-state index is 12.2. The zero-order valence-electron chi connectivity index (χ0n) is 12.5. The number of hydrogen-bond acceptors (Lipinski definition) is 3. The van der Waals surface area contributed by atoms with Crippen molar-refractivity contribution in [3.8, 4) is 11.3 Å². The first-order chi connectivity index (χ1) is 9.90. The van der Waals surface area contributed by atoms with Crippen molar-refractivity contribution < 1.29 is 9.32 Å². The van der Waals surface area contributed by atoms with Gasteiger partial charge >= 0.3 is 6.03 Å². The zero-order valence-corrected chi connectivity index (χ0v) is 14.1. The van der Waals surface area contributed by atoms with E-state index in [0.717, 1.165) is 10.0 Å². The number of nitrogens with zero attached hydrogens (tertiary/aromatic N) is 2. The van der Waals surface area contributed by atoms with Gasteiger partial charge in [0.15, 0.2) is 5.76 Å². The summed E-state index contributed by atoms with van der Waals surface area (Å²) in [5, 5.41) is 6.82. The van der Waals surface area contributed by atoms with Crippen LogP contribution in [0.1, 0.15) is 19.5 Å². The number of nitrogens with one attached hydrogen (secondary N) is 1. The van der Waals surface area contributed by atoms with Crippen molar-refractivity contribution in [2.45, 2.75) is 26.8 Å². The van der Waals surface area contributed by atoms with Gasteiger partial charge in [-0.05, 0) is 45.0 Å². The summed E-state index contributed by atoms with van der Waals surface area (Å²) in [6.45, 7) is 5.71. The fourth-order valence-electron chi connectivity index (χ4n) is 1.74. The van der Waals surface area contributed by atoms with Gasteiger partial charge in [0.1, 0.15) is 11.4 Å². The van der Waals surface area contributed by atoms with Gasteiger partial charge in [0, 0.05) is 23.1 Å². The number of aromatic nitrogens is 1. The summed E-state index contributed by atoms with van der Waals surface area (Å²) in [6.07, 6.45) is 0. The van der Waals surface area contributed by atoms with E-state index in [-0.39, 0.29) is 12.1 Å². The second kappa shape index (κ2) is 6.30. The lowest BCUT2D eigenvalue weighted by Gasteiger charge is -2.21. The first-order valence-electron chi connectivity index (χ1n) is 6.66. The molecule has 1 aromatic carbocycles. The predicted octanol–water partition coefficient (Wildman–Crippen LogP) is 4.28. The van der Waals surface area contributed by atoms with Crippen LogP contribution in [0.5, 0.6) is 0 Å². The number of halogens is 1. The number of benzene rings is 1. The third kappa shape index (κ3) is 3.44. The molecule has 0 fully saturated rings. The predicted molar refractivity (Wildman–Crippen MR) is 86.3 cm³/mol. The molecule has 0 aliphatic rings. The van der Waals surface area contributed by atoms with Gasteiger partial charge in [0.2, 0.25) is 0 Å². The summed E-state index contributed by atoms with van der Waals surface area (Å²) >= 11 is 3.39. The molecule has 0 saturated carbocycles. The van der Waals surface area contributed by atoms with Gasteiger partial charge in [0.05, 0.1) is 0 Å². The minimum absolute atomic E-state index is 0.112. The number of carbonyl (C=O) groups excluding carboxylic acids is 1. The molecule has 0 bridgehead atoms. The molecular formula is C15H18BrN3O2. The van der Waals surface area contributed by atoms with Crippen molar-refractivity contribution >= 4 is 27.6 Å². The van der Waals surface area contributed by atoms with Crippen molar-refractivity contribution in [2.24, 2.45) is 0 Å². The highest BCUT2D eigenvalue weighted by Gasteiger charge is 2.20. The number of hydrogen-bond donors (Lipinski definition) is 1. The summed E-state index contributed by atoms with van der Waals surface area (Å²) < 4.78 is 6.34. The molecule has 0 radical (unpaired) electrons. The van der Waals surface area contributed by atoms with E-state index in [1.54, 1.807) is 18.9 Å². The van der Waals surface area contributed by atoms with Crippen LogP contribution in [0.25, 0.3) is 11.3 Å². The molecule has 2 rings (SSSR count). The van der Waals surface area contributed by atoms with Gasteiger partial charge in [-0.1, -0.05) is 21.1 Å². The normalized spacial score (nSPS) is 10.8. The molecule has 5 nitrogen and oxygen atoms in total. The maximum absolute atomic E-state index is 12.2. The SMILES string of the molecule is Cc1noc(-c2ccc(Br)cc2)c1NC(=O)N(C)C(C)C. The Bertz CT molecular complexity index is 635. The van der Waals surface area contributed by atoms with Crippen LogP contribution in [-0.4, -0.2) is 29.2 Å². The van der Waals surface area contributed by atoms with Crippen LogP contribution in [0.2, 0.25) is 0 Å². The third-order valence-electron chi connectivity index (χ3n) is 3.30. The molecule has 112 valence electrons. The first-order valence-corrected chi connectivity index (χ1v) is 7.45. The standard InChI is InChI=1S/C15H18BrN3O2/c1-9(2)19(4)15(20)17-13-10(3)18-21-14(13)11-5-7-12(16)8-6-11/h5-9H,1-4H3,(H,17,20). The lowest BCUT2D eigenvalue weighted by molar-refractivity contribution is 0.211. The van der Waals surface area contributed by atoms with Crippen LogP contribution >= 0.6 is 15.9 Å². The van der Waals surface area contributed by atoms with Crippen LogP contribution in [0.4, 0.5) is 10.5 Å². The smallest absolute Gasteiger partial charge is 0.321 e. The second-order valence-electron chi connectivity index (χ2n) is 5.11. The second-order valence-corrected chi connectivity index (χ2v) is 6.03. The fraction of sp³-hybridized carbons (Fsp3) is 0.333. The Labute approximate surface area is 132 Å². The van der Waals surface area contributed by atoms with Crippen LogP contribution < -0.4 is 5.32 Å². The molecule has 0 spiro atoms. The summed E-state index contributed by atoms with van der Waals surface area (Å²) in [6, 6.07) is 7.58. The van der Waals surface area contributed by atoms with E-state index in [4.69, 9.17) is 4.52 Å². The maximum Gasteiger partial charge on any atom is 0.321 e. The summed E-state index contributed by atoms with van der Waals surface area (Å²) in [5.41, 5.74) is 2.12. The van der Waals surface area contributed by atoms with Gasteiger partial charge in [-0.2, -0.15) is 0 Å². The number of anilines is 1. The zero-order chi connectivity index (χ0) is 15.6. The monoisotopic (exact) mass is 351 g/mol. The molecular weight excluding hydrogens is 334 g/mol. The highest BCUT2D eigenvalue weighted by Crippen LogP contribution is 2.31. The molecule has 0 unspecified atom stereocenters. The van der Waals surface area contributed by atoms with Crippen LogP contribution in [-0.2, 0) is 0 Å². The van der Waals surface area contributed by atoms with Crippen LogP contribution in [0, 0.1) is 6.92 Å². The molecule has 1 heterocycles. The van der Waals surface area contributed by atoms with Crippen LogP contribution in [0.3, 0.4) is 0 Å². The van der Waals surface area contributed by atoms with Gasteiger partial charge < -0.3 is 14.7 Å². The van der Waals surface area contributed by atoms with Crippen LogP contribution in [0.15, 0.2) is 33.3 Å². The van der Waals surface area contributed by atoms with Gasteiger partial charge in [0.25, 0.3) is 0 Å². The van der Waals surface area contributed by atoms with E-state index in [1.165, 1.54) is 0 Å².